The van der Waals surface area contributed by atoms with Crippen molar-refractivity contribution in [3.8, 4) is 0 Å². The van der Waals surface area contributed by atoms with Gasteiger partial charge >= 0.3 is 0 Å². The van der Waals surface area contributed by atoms with Crippen LogP contribution < -0.4 is 0 Å². The number of aliphatic hydroxyl groups excluding tert-OH is 1. The molecule has 0 spiro atoms. The molecule has 0 aromatic heterocycles. The molecule has 3 atom stereocenters. The first-order chi connectivity index (χ1) is 8.20. The SMILES string of the molecule is CC(C)(C)C1CCN(CC2CCC(C)(C)C2O)C1. The van der Waals surface area contributed by atoms with Gasteiger partial charge in [0.25, 0.3) is 0 Å². The van der Waals surface area contributed by atoms with Crippen LogP contribution in [0.3, 0.4) is 0 Å². The van der Waals surface area contributed by atoms with Gasteiger partial charge in [-0.3, -0.25) is 0 Å². The fourth-order valence-electron chi connectivity index (χ4n) is 3.73. The molecular formula is C16H31NO. The number of aliphatic hydroxyl groups is 1. The summed E-state index contributed by atoms with van der Waals surface area (Å²) in [6.45, 7) is 15.0. The van der Waals surface area contributed by atoms with Crippen molar-refractivity contribution in [3.63, 3.8) is 0 Å². The quantitative estimate of drug-likeness (QED) is 0.817. The van der Waals surface area contributed by atoms with E-state index in [2.05, 4.69) is 39.5 Å². The highest BCUT2D eigenvalue weighted by atomic mass is 16.3. The standard InChI is InChI=1S/C16H31NO/c1-15(2,3)13-7-9-17(11-13)10-12-6-8-16(4,5)14(12)18/h12-14,18H,6-11H2,1-5H3. The zero-order valence-electron chi connectivity index (χ0n) is 12.9. The first-order valence-electron chi connectivity index (χ1n) is 7.60. The maximum Gasteiger partial charge on any atom is 0.0631 e. The summed E-state index contributed by atoms with van der Waals surface area (Å²) >= 11 is 0. The molecule has 1 saturated carbocycles. The first kappa shape index (κ1) is 14.3. The highest BCUT2D eigenvalue weighted by Crippen LogP contribution is 2.42. The molecule has 2 rings (SSSR count). The molecule has 0 radical (unpaired) electrons. The van der Waals surface area contributed by atoms with Gasteiger partial charge in [-0.25, -0.2) is 0 Å². The molecule has 3 unspecified atom stereocenters. The van der Waals surface area contributed by atoms with Crippen LogP contribution in [0.5, 0.6) is 0 Å². The lowest BCUT2D eigenvalue weighted by atomic mass is 9.80. The lowest BCUT2D eigenvalue weighted by Gasteiger charge is -2.30. The predicted octanol–water partition coefficient (Wildman–Crippen LogP) is 3.15. The van der Waals surface area contributed by atoms with E-state index < -0.39 is 0 Å². The zero-order chi connectivity index (χ0) is 13.6. The molecule has 1 heterocycles. The Morgan fingerprint density at radius 3 is 2.33 bits per heavy atom. The Morgan fingerprint density at radius 2 is 1.89 bits per heavy atom. The molecule has 1 N–H and O–H groups in total. The van der Waals surface area contributed by atoms with Gasteiger partial charge < -0.3 is 10.0 Å². The third-order valence-corrected chi connectivity index (χ3v) is 5.40. The highest BCUT2D eigenvalue weighted by molar-refractivity contribution is 4.93. The number of likely N-dealkylation sites (tertiary alicyclic amines) is 1. The minimum atomic E-state index is -0.105. The van der Waals surface area contributed by atoms with Gasteiger partial charge in [0.05, 0.1) is 6.10 Å². The molecule has 2 aliphatic rings. The van der Waals surface area contributed by atoms with Crippen LogP contribution in [0.25, 0.3) is 0 Å². The summed E-state index contributed by atoms with van der Waals surface area (Å²) in [5.74, 6) is 1.32. The van der Waals surface area contributed by atoms with Gasteiger partial charge in [0.2, 0.25) is 0 Å². The zero-order valence-corrected chi connectivity index (χ0v) is 12.9. The van der Waals surface area contributed by atoms with Crippen LogP contribution >= 0.6 is 0 Å². The van der Waals surface area contributed by atoms with E-state index in [1.54, 1.807) is 0 Å². The van der Waals surface area contributed by atoms with E-state index in [1.165, 1.54) is 32.4 Å². The minimum absolute atomic E-state index is 0.105. The van der Waals surface area contributed by atoms with Crippen molar-refractivity contribution in [3.05, 3.63) is 0 Å². The first-order valence-corrected chi connectivity index (χ1v) is 7.60. The molecule has 2 nitrogen and oxygen atoms in total. The van der Waals surface area contributed by atoms with E-state index in [0.29, 0.717) is 11.3 Å². The number of hydrogen-bond acceptors (Lipinski definition) is 2. The van der Waals surface area contributed by atoms with Crippen molar-refractivity contribution in [1.82, 2.24) is 4.90 Å². The Hall–Kier alpha value is -0.0800. The van der Waals surface area contributed by atoms with Crippen LogP contribution in [0.2, 0.25) is 0 Å². The Labute approximate surface area is 113 Å². The molecule has 2 fully saturated rings. The van der Waals surface area contributed by atoms with Gasteiger partial charge in [-0.15, -0.1) is 0 Å². The fraction of sp³-hybridized carbons (Fsp3) is 1.00. The predicted molar refractivity (Wildman–Crippen MR) is 76.5 cm³/mol. The smallest absolute Gasteiger partial charge is 0.0631 e. The summed E-state index contributed by atoms with van der Waals surface area (Å²) in [5, 5.41) is 10.4. The summed E-state index contributed by atoms with van der Waals surface area (Å²) in [5.41, 5.74) is 0.566. The summed E-state index contributed by atoms with van der Waals surface area (Å²) in [6.07, 6.45) is 3.60. The third-order valence-electron chi connectivity index (χ3n) is 5.40. The lowest BCUT2D eigenvalue weighted by Crippen LogP contribution is -2.36. The normalized spacial score (nSPS) is 37.3. The van der Waals surface area contributed by atoms with E-state index >= 15 is 0 Å². The number of nitrogens with zero attached hydrogens (tertiary/aromatic N) is 1. The van der Waals surface area contributed by atoms with E-state index in [4.69, 9.17) is 0 Å². The van der Waals surface area contributed by atoms with Gasteiger partial charge in [-0.1, -0.05) is 34.6 Å². The fourth-order valence-corrected chi connectivity index (χ4v) is 3.73. The van der Waals surface area contributed by atoms with E-state index in [0.717, 1.165) is 12.5 Å². The van der Waals surface area contributed by atoms with Crippen LogP contribution in [0.4, 0.5) is 0 Å². The molecular weight excluding hydrogens is 222 g/mol. The Morgan fingerprint density at radius 1 is 1.22 bits per heavy atom. The second-order valence-corrected chi connectivity index (χ2v) is 8.34. The number of hydrogen-bond donors (Lipinski definition) is 1. The van der Waals surface area contributed by atoms with Crippen molar-refractivity contribution in [2.24, 2.45) is 22.7 Å². The van der Waals surface area contributed by atoms with Gasteiger partial charge in [0.1, 0.15) is 0 Å². The molecule has 0 aromatic carbocycles. The minimum Gasteiger partial charge on any atom is -0.392 e. The van der Waals surface area contributed by atoms with Crippen LogP contribution in [-0.4, -0.2) is 35.7 Å². The molecule has 1 aliphatic carbocycles. The van der Waals surface area contributed by atoms with E-state index in [9.17, 15) is 5.11 Å². The monoisotopic (exact) mass is 253 g/mol. The molecule has 1 saturated heterocycles. The third kappa shape index (κ3) is 2.91. The maximum absolute atomic E-state index is 10.4. The van der Waals surface area contributed by atoms with Crippen molar-refractivity contribution < 1.29 is 5.11 Å². The average Bonchev–Trinajstić information content (AvgIpc) is 2.79. The summed E-state index contributed by atoms with van der Waals surface area (Å²) in [7, 11) is 0. The van der Waals surface area contributed by atoms with Crippen molar-refractivity contribution in [2.75, 3.05) is 19.6 Å². The van der Waals surface area contributed by atoms with Gasteiger partial charge in [0.15, 0.2) is 0 Å². The second kappa shape index (κ2) is 4.79. The Bertz CT molecular complexity index is 292. The summed E-state index contributed by atoms with van der Waals surface area (Å²) in [6, 6.07) is 0. The van der Waals surface area contributed by atoms with Crippen LogP contribution in [0.15, 0.2) is 0 Å². The second-order valence-electron chi connectivity index (χ2n) is 8.34. The lowest BCUT2D eigenvalue weighted by molar-refractivity contribution is 0.0343. The van der Waals surface area contributed by atoms with E-state index in [1.807, 2.05) is 0 Å². The topological polar surface area (TPSA) is 23.5 Å². The van der Waals surface area contributed by atoms with Crippen molar-refractivity contribution >= 4 is 0 Å². The highest BCUT2D eigenvalue weighted by Gasteiger charge is 2.42. The Kier molecular flexibility index (Phi) is 3.81. The molecule has 106 valence electrons. The summed E-state index contributed by atoms with van der Waals surface area (Å²) in [4.78, 5) is 2.59. The van der Waals surface area contributed by atoms with Gasteiger partial charge in [-0.2, -0.15) is 0 Å². The van der Waals surface area contributed by atoms with Crippen LogP contribution in [-0.2, 0) is 0 Å². The maximum atomic E-state index is 10.4. The molecule has 1 aliphatic heterocycles. The van der Waals surface area contributed by atoms with Crippen LogP contribution in [0, 0.1) is 22.7 Å². The average molecular weight is 253 g/mol. The van der Waals surface area contributed by atoms with Gasteiger partial charge in [-0.05, 0) is 48.5 Å². The Balaban J connectivity index is 1.86. The molecule has 2 heteroatoms. The molecule has 0 amide bonds. The van der Waals surface area contributed by atoms with Gasteiger partial charge in [0, 0.05) is 13.1 Å². The molecule has 0 bridgehead atoms. The molecule has 18 heavy (non-hydrogen) atoms. The summed E-state index contributed by atoms with van der Waals surface area (Å²) < 4.78 is 0. The van der Waals surface area contributed by atoms with Crippen molar-refractivity contribution in [2.45, 2.75) is 60.0 Å². The number of rotatable bonds is 2. The largest absolute Gasteiger partial charge is 0.392 e. The molecule has 0 aromatic rings. The van der Waals surface area contributed by atoms with Crippen LogP contribution in [0.1, 0.15) is 53.9 Å². The van der Waals surface area contributed by atoms with E-state index in [-0.39, 0.29) is 11.5 Å². The van der Waals surface area contributed by atoms with Crippen molar-refractivity contribution in [1.29, 1.82) is 0 Å².